The first-order chi connectivity index (χ1) is 12.2. The Labute approximate surface area is 158 Å². The SMILES string of the molecule is N#Cc1ccccc1NC(=O)c1ccc(COc2ccc(I)cc2)o1. The minimum atomic E-state index is -0.414. The predicted molar refractivity (Wildman–Crippen MR) is 101 cm³/mol. The van der Waals surface area contributed by atoms with Crippen LogP contribution in [0.15, 0.2) is 65.1 Å². The molecule has 0 aliphatic heterocycles. The number of hydrogen-bond acceptors (Lipinski definition) is 4. The lowest BCUT2D eigenvalue weighted by molar-refractivity contribution is 0.0992. The second kappa shape index (κ2) is 7.85. The lowest BCUT2D eigenvalue weighted by Gasteiger charge is -2.05. The lowest BCUT2D eigenvalue weighted by atomic mass is 10.2. The van der Waals surface area contributed by atoms with E-state index >= 15 is 0 Å². The number of benzene rings is 2. The molecule has 2 aromatic carbocycles. The van der Waals surface area contributed by atoms with Gasteiger partial charge in [-0.3, -0.25) is 4.79 Å². The van der Waals surface area contributed by atoms with Gasteiger partial charge in [0.1, 0.15) is 24.2 Å². The van der Waals surface area contributed by atoms with Crippen LogP contribution in [0.3, 0.4) is 0 Å². The summed E-state index contributed by atoms with van der Waals surface area (Å²) in [5.74, 6) is 1.01. The van der Waals surface area contributed by atoms with Gasteiger partial charge in [-0.25, -0.2) is 0 Å². The van der Waals surface area contributed by atoms with E-state index in [-0.39, 0.29) is 12.4 Å². The third-order valence-corrected chi connectivity index (χ3v) is 4.10. The van der Waals surface area contributed by atoms with E-state index < -0.39 is 5.91 Å². The Morgan fingerprint density at radius 3 is 2.64 bits per heavy atom. The fourth-order valence-corrected chi connectivity index (χ4v) is 2.50. The number of nitriles is 1. The van der Waals surface area contributed by atoms with Gasteiger partial charge in [-0.05, 0) is 71.1 Å². The molecule has 0 aliphatic rings. The fourth-order valence-electron chi connectivity index (χ4n) is 2.14. The second-order valence-corrected chi connectivity index (χ2v) is 6.37. The lowest BCUT2D eigenvalue weighted by Crippen LogP contribution is -2.11. The first-order valence-corrected chi connectivity index (χ1v) is 8.51. The quantitative estimate of drug-likeness (QED) is 0.585. The van der Waals surface area contributed by atoms with Crippen molar-refractivity contribution in [2.45, 2.75) is 6.61 Å². The summed E-state index contributed by atoms with van der Waals surface area (Å²) in [6.45, 7) is 0.225. The Kier molecular flexibility index (Phi) is 5.36. The van der Waals surface area contributed by atoms with Crippen molar-refractivity contribution in [2.24, 2.45) is 0 Å². The number of nitrogens with zero attached hydrogens (tertiary/aromatic N) is 1. The standard InChI is InChI=1S/C19H13IN2O3/c20-14-5-7-15(8-6-14)24-12-16-9-10-18(25-16)19(23)22-17-4-2-1-3-13(17)11-21/h1-10H,12H2,(H,22,23). The molecule has 0 atom stereocenters. The van der Waals surface area contributed by atoms with Gasteiger partial charge in [0.25, 0.3) is 5.91 Å². The van der Waals surface area contributed by atoms with Crippen molar-refractivity contribution in [3.63, 3.8) is 0 Å². The summed E-state index contributed by atoms with van der Waals surface area (Å²) < 4.78 is 12.3. The highest BCUT2D eigenvalue weighted by Gasteiger charge is 2.13. The summed E-state index contributed by atoms with van der Waals surface area (Å²) in [5, 5.41) is 11.7. The Bertz CT molecular complexity index is 926. The molecule has 0 unspecified atom stereocenters. The zero-order valence-corrected chi connectivity index (χ0v) is 15.2. The molecule has 25 heavy (non-hydrogen) atoms. The maximum Gasteiger partial charge on any atom is 0.291 e. The minimum absolute atomic E-state index is 0.161. The summed E-state index contributed by atoms with van der Waals surface area (Å²) in [4.78, 5) is 12.3. The van der Waals surface area contributed by atoms with Gasteiger partial charge < -0.3 is 14.5 Å². The van der Waals surface area contributed by atoms with Crippen molar-refractivity contribution in [3.8, 4) is 11.8 Å². The molecular weight excluding hydrogens is 431 g/mol. The van der Waals surface area contributed by atoms with E-state index in [0.717, 1.165) is 9.32 Å². The first kappa shape index (κ1) is 17.0. The summed E-state index contributed by atoms with van der Waals surface area (Å²) in [6, 6.07) is 19.7. The molecule has 3 aromatic rings. The van der Waals surface area contributed by atoms with Gasteiger partial charge in [0.05, 0.1) is 11.3 Å². The molecule has 6 heteroatoms. The Balaban J connectivity index is 1.63. The number of furan rings is 1. The molecule has 1 aromatic heterocycles. The second-order valence-electron chi connectivity index (χ2n) is 5.12. The topological polar surface area (TPSA) is 75.3 Å². The highest BCUT2D eigenvalue weighted by Crippen LogP contribution is 2.18. The van der Waals surface area contributed by atoms with Crippen LogP contribution in [-0.4, -0.2) is 5.91 Å². The van der Waals surface area contributed by atoms with Crippen LogP contribution in [0.1, 0.15) is 21.9 Å². The summed E-state index contributed by atoms with van der Waals surface area (Å²) >= 11 is 2.22. The van der Waals surface area contributed by atoms with Crippen molar-refractivity contribution in [1.29, 1.82) is 5.26 Å². The van der Waals surface area contributed by atoms with E-state index in [2.05, 4.69) is 27.9 Å². The number of ether oxygens (including phenoxy) is 1. The summed E-state index contributed by atoms with van der Waals surface area (Å²) in [5.41, 5.74) is 0.841. The molecular formula is C19H13IN2O3. The molecule has 1 N–H and O–H groups in total. The van der Waals surface area contributed by atoms with Crippen LogP contribution in [0.2, 0.25) is 0 Å². The normalized spacial score (nSPS) is 10.1. The molecule has 0 saturated carbocycles. The van der Waals surface area contributed by atoms with Crippen molar-refractivity contribution in [1.82, 2.24) is 0 Å². The molecule has 0 fully saturated rings. The summed E-state index contributed by atoms with van der Waals surface area (Å²) in [7, 11) is 0. The maximum atomic E-state index is 12.3. The van der Waals surface area contributed by atoms with E-state index in [1.807, 2.05) is 30.3 Å². The highest BCUT2D eigenvalue weighted by atomic mass is 127. The van der Waals surface area contributed by atoms with E-state index in [0.29, 0.717) is 17.0 Å². The minimum Gasteiger partial charge on any atom is -0.486 e. The van der Waals surface area contributed by atoms with E-state index in [4.69, 9.17) is 14.4 Å². The predicted octanol–water partition coefficient (Wildman–Crippen LogP) is 4.59. The van der Waals surface area contributed by atoms with Crippen molar-refractivity contribution in [3.05, 3.63) is 81.3 Å². The van der Waals surface area contributed by atoms with Crippen LogP contribution in [0.5, 0.6) is 5.75 Å². The van der Waals surface area contributed by atoms with Crippen LogP contribution in [0.25, 0.3) is 0 Å². The van der Waals surface area contributed by atoms with Gasteiger partial charge in [-0.1, -0.05) is 12.1 Å². The number of halogens is 1. The Hall–Kier alpha value is -2.79. The number of nitrogens with one attached hydrogen (secondary N) is 1. The van der Waals surface area contributed by atoms with Crippen molar-refractivity contribution in [2.75, 3.05) is 5.32 Å². The molecule has 0 radical (unpaired) electrons. The van der Waals surface area contributed by atoms with Crippen molar-refractivity contribution < 1.29 is 13.9 Å². The molecule has 1 amide bonds. The van der Waals surface area contributed by atoms with Gasteiger partial charge >= 0.3 is 0 Å². The average molecular weight is 444 g/mol. The number of carbonyl (C=O) groups is 1. The van der Waals surface area contributed by atoms with Crippen LogP contribution < -0.4 is 10.1 Å². The zero-order chi connectivity index (χ0) is 17.6. The van der Waals surface area contributed by atoms with Gasteiger partial charge in [-0.2, -0.15) is 5.26 Å². The molecule has 1 heterocycles. The molecule has 5 nitrogen and oxygen atoms in total. The van der Waals surface area contributed by atoms with Gasteiger partial charge in [0.2, 0.25) is 0 Å². The number of rotatable bonds is 5. The molecule has 0 saturated heterocycles. The fraction of sp³-hybridized carbons (Fsp3) is 0.0526. The first-order valence-electron chi connectivity index (χ1n) is 7.43. The average Bonchev–Trinajstić information content (AvgIpc) is 3.11. The van der Waals surface area contributed by atoms with Gasteiger partial charge in [0, 0.05) is 3.57 Å². The molecule has 0 aliphatic carbocycles. The Morgan fingerprint density at radius 2 is 1.88 bits per heavy atom. The monoisotopic (exact) mass is 444 g/mol. The zero-order valence-electron chi connectivity index (χ0n) is 13.0. The molecule has 0 bridgehead atoms. The smallest absolute Gasteiger partial charge is 0.291 e. The highest BCUT2D eigenvalue weighted by molar-refractivity contribution is 14.1. The number of anilines is 1. The maximum absolute atomic E-state index is 12.3. The van der Waals surface area contributed by atoms with Crippen molar-refractivity contribution >= 4 is 34.2 Å². The number of hydrogen-bond donors (Lipinski definition) is 1. The van der Waals surface area contributed by atoms with Crippen LogP contribution >= 0.6 is 22.6 Å². The van der Waals surface area contributed by atoms with E-state index in [9.17, 15) is 4.79 Å². The van der Waals surface area contributed by atoms with Crippen LogP contribution in [0, 0.1) is 14.9 Å². The Morgan fingerprint density at radius 1 is 1.12 bits per heavy atom. The van der Waals surface area contributed by atoms with Gasteiger partial charge in [-0.15, -0.1) is 0 Å². The largest absolute Gasteiger partial charge is 0.486 e. The summed E-state index contributed by atoms with van der Waals surface area (Å²) in [6.07, 6.45) is 0. The third kappa shape index (κ3) is 4.39. The molecule has 3 rings (SSSR count). The van der Waals surface area contributed by atoms with Crippen LogP contribution in [-0.2, 0) is 6.61 Å². The molecule has 0 spiro atoms. The molecule has 124 valence electrons. The van der Waals surface area contributed by atoms with E-state index in [1.54, 1.807) is 36.4 Å². The number of carbonyl (C=O) groups excluding carboxylic acids is 1. The third-order valence-electron chi connectivity index (χ3n) is 3.38. The van der Waals surface area contributed by atoms with Crippen LogP contribution in [0.4, 0.5) is 5.69 Å². The van der Waals surface area contributed by atoms with E-state index in [1.165, 1.54) is 0 Å². The van der Waals surface area contributed by atoms with Gasteiger partial charge in [0.15, 0.2) is 5.76 Å². The number of para-hydroxylation sites is 1. The number of amides is 1.